The number of carbonyl (C=O) groups excluding carboxylic acids is 1. The lowest BCUT2D eigenvalue weighted by Gasteiger charge is -2.05. The van der Waals surface area contributed by atoms with Crippen LogP contribution in [0.25, 0.3) is 23.1 Å². The van der Waals surface area contributed by atoms with Crippen LogP contribution in [0.15, 0.2) is 24.4 Å². The lowest BCUT2D eigenvalue weighted by atomic mass is 10.0. The van der Waals surface area contributed by atoms with Crippen molar-refractivity contribution in [1.82, 2.24) is 4.98 Å². The number of pyridine rings is 1. The molecule has 0 spiro atoms. The van der Waals surface area contributed by atoms with Crippen LogP contribution in [0, 0.1) is 6.92 Å². The number of carbonyl (C=O) groups is 1. The number of hydrogen-bond donors (Lipinski definition) is 0. The van der Waals surface area contributed by atoms with Gasteiger partial charge in [0.25, 0.3) is 0 Å². The van der Waals surface area contributed by atoms with Crippen molar-refractivity contribution in [2.75, 3.05) is 0 Å². The summed E-state index contributed by atoms with van der Waals surface area (Å²) in [5.41, 5.74) is 2.12. The van der Waals surface area contributed by atoms with Crippen molar-refractivity contribution in [3.63, 3.8) is 0 Å². The standard InChI is InChI=1S/C14H11NO/c1-9-3-2-4-13-14(9)12-7-11(16)6-5-10(12)8-15-13/h2-5,7-8H,6H2,1H3. The van der Waals surface area contributed by atoms with Crippen LogP contribution in [0.3, 0.4) is 0 Å². The molecule has 1 heterocycles. The van der Waals surface area contributed by atoms with Crippen LogP contribution in [-0.4, -0.2) is 10.8 Å². The van der Waals surface area contributed by atoms with Crippen molar-refractivity contribution < 1.29 is 4.79 Å². The molecule has 0 radical (unpaired) electrons. The van der Waals surface area contributed by atoms with Gasteiger partial charge in [-0.15, -0.1) is 0 Å². The quantitative estimate of drug-likeness (QED) is 0.649. The molecule has 3 rings (SSSR count). The first-order valence-corrected chi connectivity index (χ1v) is 5.35. The lowest BCUT2D eigenvalue weighted by Crippen LogP contribution is -2.31. The number of hydrogen-bond acceptors (Lipinski definition) is 2. The van der Waals surface area contributed by atoms with Crippen molar-refractivity contribution in [2.24, 2.45) is 0 Å². The molecule has 0 N–H and O–H groups in total. The Balaban J connectivity index is 2.63. The van der Waals surface area contributed by atoms with Gasteiger partial charge in [0.15, 0.2) is 5.78 Å². The molecule has 1 aliphatic rings. The van der Waals surface area contributed by atoms with Crippen LogP contribution >= 0.6 is 0 Å². The molecule has 1 aromatic carbocycles. The van der Waals surface area contributed by atoms with Crippen molar-refractivity contribution >= 4 is 28.8 Å². The van der Waals surface area contributed by atoms with Crippen LogP contribution in [0.1, 0.15) is 12.0 Å². The van der Waals surface area contributed by atoms with Crippen molar-refractivity contribution in [3.8, 4) is 0 Å². The molecule has 1 aromatic heterocycles. The zero-order chi connectivity index (χ0) is 11.1. The molecule has 16 heavy (non-hydrogen) atoms. The fraction of sp³-hybridized carbons (Fsp3) is 0.143. The molecule has 2 nitrogen and oxygen atoms in total. The fourth-order valence-corrected chi connectivity index (χ4v) is 2.21. The van der Waals surface area contributed by atoms with E-state index in [-0.39, 0.29) is 5.78 Å². The van der Waals surface area contributed by atoms with E-state index in [0.717, 1.165) is 21.3 Å². The number of nitrogens with zero attached hydrogens (tertiary/aromatic N) is 1. The predicted octanol–water partition coefficient (Wildman–Crippen LogP) is 1.08. The van der Waals surface area contributed by atoms with E-state index in [2.05, 4.69) is 18.0 Å². The first-order chi connectivity index (χ1) is 7.75. The van der Waals surface area contributed by atoms with Crippen LogP contribution in [-0.2, 0) is 4.79 Å². The highest BCUT2D eigenvalue weighted by Gasteiger charge is 2.06. The number of benzene rings is 1. The van der Waals surface area contributed by atoms with Crippen molar-refractivity contribution in [2.45, 2.75) is 13.3 Å². The van der Waals surface area contributed by atoms with Gasteiger partial charge in [-0.2, -0.15) is 0 Å². The molecular weight excluding hydrogens is 198 g/mol. The van der Waals surface area contributed by atoms with Gasteiger partial charge in [0.05, 0.1) is 5.52 Å². The maximum atomic E-state index is 11.5. The number of fused-ring (bicyclic) bond motifs is 3. The molecule has 0 saturated carbocycles. The van der Waals surface area contributed by atoms with E-state index < -0.39 is 0 Å². The molecule has 2 heteroatoms. The third kappa shape index (κ3) is 1.27. The third-order valence-corrected chi connectivity index (χ3v) is 3.00. The van der Waals surface area contributed by atoms with E-state index in [9.17, 15) is 4.79 Å². The second-order valence-electron chi connectivity index (χ2n) is 4.12. The SMILES string of the molecule is Cc1cccc2ncc3c(c12)=CC(=O)CC=3. The highest BCUT2D eigenvalue weighted by atomic mass is 16.1. The number of aromatic nitrogens is 1. The van der Waals surface area contributed by atoms with E-state index in [1.165, 1.54) is 5.56 Å². The van der Waals surface area contributed by atoms with Gasteiger partial charge >= 0.3 is 0 Å². The Kier molecular flexibility index (Phi) is 1.90. The van der Waals surface area contributed by atoms with Gasteiger partial charge in [-0.25, -0.2) is 0 Å². The average molecular weight is 209 g/mol. The normalized spacial score (nSPS) is 14.2. The maximum Gasteiger partial charge on any atom is 0.160 e. The minimum atomic E-state index is 0.170. The summed E-state index contributed by atoms with van der Waals surface area (Å²) >= 11 is 0. The van der Waals surface area contributed by atoms with Gasteiger partial charge in [0, 0.05) is 18.0 Å². The van der Waals surface area contributed by atoms with Crippen LogP contribution < -0.4 is 10.4 Å². The highest BCUT2D eigenvalue weighted by molar-refractivity contribution is 6.10. The topological polar surface area (TPSA) is 30.0 Å². The summed E-state index contributed by atoms with van der Waals surface area (Å²) < 4.78 is 0. The summed E-state index contributed by atoms with van der Waals surface area (Å²) in [6, 6.07) is 6.03. The monoisotopic (exact) mass is 209 g/mol. The Morgan fingerprint density at radius 3 is 3.06 bits per heavy atom. The molecule has 78 valence electrons. The van der Waals surface area contributed by atoms with Crippen LogP contribution in [0.4, 0.5) is 0 Å². The number of aryl methyl sites for hydroxylation is 1. The van der Waals surface area contributed by atoms with E-state index >= 15 is 0 Å². The fourth-order valence-electron chi connectivity index (χ4n) is 2.21. The first-order valence-electron chi connectivity index (χ1n) is 5.35. The first kappa shape index (κ1) is 9.28. The summed E-state index contributed by atoms with van der Waals surface area (Å²) in [5, 5.41) is 3.20. The molecule has 1 aliphatic carbocycles. The second-order valence-corrected chi connectivity index (χ2v) is 4.12. The molecule has 2 aromatic rings. The molecule has 0 atom stereocenters. The minimum absolute atomic E-state index is 0.170. The summed E-state index contributed by atoms with van der Waals surface area (Å²) in [6.45, 7) is 2.05. The molecule has 0 saturated heterocycles. The Morgan fingerprint density at radius 2 is 2.19 bits per heavy atom. The Morgan fingerprint density at radius 1 is 1.31 bits per heavy atom. The summed E-state index contributed by atoms with van der Waals surface area (Å²) in [6.07, 6.45) is 6.04. The van der Waals surface area contributed by atoms with E-state index in [0.29, 0.717) is 6.42 Å². The third-order valence-electron chi connectivity index (χ3n) is 3.00. The van der Waals surface area contributed by atoms with Gasteiger partial charge in [-0.05, 0) is 35.1 Å². The molecule has 0 amide bonds. The Hall–Kier alpha value is -1.96. The summed E-state index contributed by atoms with van der Waals surface area (Å²) in [4.78, 5) is 15.9. The van der Waals surface area contributed by atoms with Gasteiger partial charge < -0.3 is 0 Å². The van der Waals surface area contributed by atoms with E-state index in [4.69, 9.17) is 0 Å². The molecular formula is C14H11NO. The Labute approximate surface area is 92.9 Å². The zero-order valence-corrected chi connectivity index (χ0v) is 9.03. The Bertz CT molecular complexity index is 713. The highest BCUT2D eigenvalue weighted by Crippen LogP contribution is 2.10. The van der Waals surface area contributed by atoms with Gasteiger partial charge in [0.2, 0.25) is 0 Å². The summed E-state index contributed by atoms with van der Waals surface area (Å²) in [5.74, 6) is 0.170. The van der Waals surface area contributed by atoms with E-state index in [1.807, 2.05) is 24.4 Å². The zero-order valence-electron chi connectivity index (χ0n) is 9.03. The second kappa shape index (κ2) is 3.27. The molecule has 0 fully saturated rings. The van der Waals surface area contributed by atoms with Gasteiger partial charge in [0.1, 0.15) is 0 Å². The molecule has 0 unspecified atom stereocenters. The maximum absolute atomic E-state index is 11.5. The summed E-state index contributed by atoms with van der Waals surface area (Å²) in [7, 11) is 0. The average Bonchev–Trinajstić information content (AvgIpc) is 2.28. The molecule has 0 bridgehead atoms. The number of Topliss-reactive ketones (excluding diaryl/α,β-unsaturated/α-hetero) is 1. The van der Waals surface area contributed by atoms with Crippen LogP contribution in [0.5, 0.6) is 0 Å². The smallest absolute Gasteiger partial charge is 0.160 e. The lowest BCUT2D eigenvalue weighted by molar-refractivity contribution is -0.112. The van der Waals surface area contributed by atoms with E-state index in [1.54, 1.807) is 6.08 Å². The van der Waals surface area contributed by atoms with Crippen molar-refractivity contribution in [1.29, 1.82) is 0 Å². The van der Waals surface area contributed by atoms with Gasteiger partial charge in [-0.3, -0.25) is 9.78 Å². The van der Waals surface area contributed by atoms with Gasteiger partial charge in [-0.1, -0.05) is 18.2 Å². The van der Waals surface area contributed by atoms with Crippen molar-refractivity contribution in [3.05, 3.63) is 40.4 Å². The van der Waals surface area contributed by atoms with Crippen LogP contribution in [0.2, 0.25) is 0 Å². The largest absolute Gasteiger partial charge is 0.294 e. The minimum Gasteiger partial charge on any atom is -0.294 e. The predicted molar refractivity (Wildman–Crippen MR) is 64.3 cm³/mol. The number of ketones is 1. The number of rotatable bonds is 0. The molecule has 0 aliphatic heterocycles.